The highest BCUT2D eigenvalue weighted by Gasteiger charge is 2.38. The molecule has 97 valence electrons. The second-order valence-electron chi connectivity index (χ2n) is 5.39. The van der Waals surface area contributed by atoms with Gasteiger partial charge in [0.15, 0.2) is 0 Å². The van der Waals surface area contributed by atoms with Crippen molar-refractivity contribution in [3.8, 4) is 0 Å². The molecule has 2 fully saturated rings. The van der Waals surface area contributed by atoms with E-state index in [2.05, 4.69) is 10.2 Å². The molecule has 2 aliphatic rings. The third-order valence-corrected chi connectivity index (χ3v) is 4.16. The zero-order valence-corrected chi connectivity index (χ0v) is 10.7. The zero-order chi connectivity index (χ0) is 12.1. The van der Waals surface area contributed by atoms with Gasteiger partial charge < -0.3 is 10.6 Å². The molecule has 2 rings (SSSR count). The summed E-state index contributed by atoms with van der Waals surface area (Å²) >= 11 is 0. The van der Waals surface area contributed by atoms with Gasteiger partial charge in [-0.05, 0) is 51.6 Å². The van der Waals surface area contributed by atoms with E-state index in [1.54, 1.807) is 0 Å². The first kappa shape index (κ1) is 12.8. The van der Waals surface area contributed by atoms with Gasteiger partial charge in [0.1, 0.15) is 5.54 Å². The number of hydrogen-bond donors (Lipinski definition) is 1. The van der Waals surface area contributed by atoms with Crippen molar-refractivity contribution in [2.45, 2.75) is 50.5 Å². The molecule has 17 heavy (non-hydrogen) atoms. The Morgan fingerprint density at radius 3 is 2.53 bits per heavy atom. The number of likely N-dealkylation sites (tertiary alicyclic amines) is 1. The summed E-state index contributed by atoms with van der Waals surface area (Å²) in [5, 5.41) is 4.54. The molecular formula is C13H24N3O. The number of primary amides is 1. The van der Waals surface area contributed by atoms with E-state index < -0.39 is 5.54 Å². The standard InChI is InChI=1S/C13H24N3O/c14-12(17)13(6-2-3-8-15-13)7-11-16-9-4-1-5-10-16/h1-11H2,(H2,14,17). The van der Waals surface area contributed by atoms with E-state index in [4.69, 9.17) is 5.73 Å². The predicted molar refractivity (Wildman–Crippen MR) is 67.7 cm³/mol. The maximum absolute atomic E-state index is 11.7. The molecule has 1 unspecified atom stereocenters. The Morgan fingerprint density at radius 1 is 1.18 bits per heavy atom. The van der Waals surface area contributed by atoms with Crippen LogP contribution in [0.15, 0.2) is 0 Å². The van der Waals surface area contributed by atoms with Gasteiger partial charge >= 0.3 is 0 Å². The lowest BCUT2D eigenvalue weighted by Gasteiger charge is -2.36. The van der Waals surface area contributed by atoms with Crippen LogP contribution >= 0.6 is 0 Å². The van der Waals surface area contributed by atoms with Crippen molar-refractivity contribution >= 4 is 5.91 Å². The van der Waals surface area contributed by atoms with E-state index in [0.29, 0.717) is 0 Å². The van der Waals surface area contributed by atoms with Gasteiger partial charge in [-0.3, -0.25) is 4.79 Å². The van der Waals surface area contributed by atoms with Crippen molar-refractivity contribution in [3.63, 3.8) is 0 Å². The predicted octanol–water partition coefficient (Wildman–Crippen LogP) is 0.875. The number of piperidine rings is 2. The van der Waals surface area contributed by atoms with Crippen LogP contribution in [0.5, 0.6) is 0 Å². The third-order valence-electron chi connectivity index (χ3n) is 4.16. The molecule has 2 heterocycles. The monoisotopic (exact) mass is 238 g/mol. The van der Waals surface area contributed by atoms with Gasteiger partial charge in [0.05, 0.1) is 0 Å². The van der Waals surface area contributed by atoms with E-state index in [1.165, 1.54) is 32.4 Å². The van der Waals surface area contributed by atoms with Gasteiger partial charge in [-0.1, -0.05) is 6.42 Å². The second-order valence-corrected chi connectivity index (χ2v) is 5.39. The van der Waals surface area contributed by atoms with Gasteiger partial charge in [0, 0.05) is 13.1 Å². The molecule has 0 bridgehead atoms. The molecule has 2 N–H and O–H groups in total. The van der Waals surface area contributed by atoms with Crippen LogP contribution in [0.4, 0.5) is 0 Å². The normalized spacial score (nSPS) is 31.3. The fraction of sp³-hybridized carbons (Fsp3) is 0.923. The van der Waals surface area contributed by atoms with E-state index in [-0.39, 0.29) is 5.91 Å². The number of nitrogens with two attached hydrogens (primary N) is 1. The van der Waals surface area contributed by atoms with Gasteiger partial charge in [0.2, 0.25) is 5.91 Å². The first-order valence-electron chi connectivity index (χ1n) is 6.94. The molecule has 4 nitrogen and oxygen atoms in total. The summed E-state index contributed by atoms with van der Waals surface area (Å²) in [6.45, 7) is 4.14. The largest absolute Gasteiger partial charge is 0.368 e. The first-order valence-corrected chi connectivity index (χ1v) is 6.94. The van der Waals surface area contributed by atoms with Crippen molar-refractivity contribution in [3.05, 3.63) is 0 Å². The summed E-state index contributed by atoms with van der Waals surface area (Å²) < 4.78 is 0. The highest BCUT2D eigenvalue weighted by molar-refractivity contribution is 5.84. The van der Waals surface area contributed by atoms with Crippen LogP contribution in [-0.2, 0) is 4.79 Å². The average Bonchev–Trinajstić information content (AvgIpc) is 2.38. The van der Waals surface area contributed by atoms with Crippen LogP contribution in [0.1, 0.15) is 44.9 Å². The summed E-state index contributed by atoms with van der Waals surface area (Å²) in [5.74, 6) is -0.214. The molecule has 1 amide bonds. The molecule has 0 spiro atoms. The Balaban J connectivity index is 1.86. The molecule has 2 saturated heterocycles. The van der Waals surface area contributed by atoms with Crippen molar-refractivity contribution in [1.29, 1.82) is 0 Å². The average molecular weight is 238 g/mol. The number of amides is 1. The van der Waals surface area contributed by atoms with E-state index >= 15 is 0 Å². The Hall–Kier alpha value is -0.610. The van der Waals surface area contributed by atoms with Gasteiger partial charge in [-0.15, -0.1) is 0 Å². The molecule has 2 aliphatic heterocycles. The first-order chi connectivity index (χ1) is 8.23. The van der Waals surface area contributed by atoms with Crippen LogP contribution in [0.2, 0.25) is 0 Å². The van der Waals surface area contributed by atoms with Crippen LogP contribution in [0, 0.1) is 0 Å². The molecule has 4 heteroatoms. The van der Waals surface area contributed by atoms with Crippen LogP contribution in [-0.4, -0.2) is 42.5 Å². The Kier molecular flexibility index (Phi) is 4.40. The summed E-state index contributed by atoms with van der Waals surface area (Å²) in [6.07, 6.45) is 7.81. The minimum atomic E-state index is -0.546. The van der Waals surface area contributed by atoms with Crippen LogP contribution in [0.25, 0.3) is 0 Å². The summed E-state index contributed by atoms with van der Waals surface area (Å²) in [5.41, 5.74) is 5.02. The molecule has 0 aliphatic carbocycles. The number of hydrogen-bond acceptors (Lipinski definition) is 2. The number of nitrogens with zero attached hydrogens (tertiary/aromatic N) is 2. The van der Waals surface area contributed by atoms with Gasteiger partial charge in [0.25, 0.3) is 0 Å². The Morgan fingerprint density at radius 2 is 1.94 bits per heavy atom. The fourth-order valence-electron chi connectivity index (χ4n) is 2.96. The minimum absolute atomic E-state index is 0.214. The van der Waals surface area contributed by atoms with Gasteiger partial charge in [-0.25, -0.2) is 5.32 Å². The molecule has 0 aromatic heterocycles. The maximum Gasteiger partial charge on any atom is 0.239 e. The third kappa shape index (κ3) is 3.19. The lowest BCUT2D eigenvalue weighted by atomic mass is 9.85. The topological polar surface area (TPSA) is 60.4 Å². The zero-order valence-electron chi connectivity index (χ0n) is 10.7. The molecule has 0 aromatic carbocycles. The number of rotatable bonds is 4. The van der Waals surface area contributed by atoms with E-state index in [1.807, 2.05) is 0 Å². The lowest BCUT2D eigenvalue weighted by molar-refractivity contribution is -0.126. The smallest absolute Gasteiger partial charge is 0.239 e. The summed E-state index contributed by atoms with van der Waals surface area (Å²) in [4.78, 5) is 14.1. The van der Waals surface area contributed by atoms with E-state index in [0.717, 1.165) is 38.8 Å². The second kappa shape index (κ2) is 5.83. The fourth-order valence-corrected chi connectivity index (χ4v) is 2.96. The molecule has 0 saturated carbocycles. The quantitative estimate of drug-likeness (QED) is 0.790. The molecule has 0 aromatic rings. The van der Waals surface area contributed by atoms with Crippen molar-refractivity contribution in [2.24, 2.45) is 5.73 Å². The molecule has 1 radical (unpaired) electrons. The molecular weight excluding hydrogens is 214 g/mol. The lowest BCUT2D eigenvalue weighted by Crippen LogP contribution is -2.55. The van der Waals surface area contributed by atoms with Crippen LogP contribution in [0.3, 0.4) is 0 Å². The maximum atomic E-state index is 11.7. The minimum Gasteiger partial charge on any atom is -0.368 e. The highest BCUT2D eigenvalue weighted by Crippen LogP contribution is 2.25. The Bertz CT molecular complexity index is 255. The highest BCUT2D eigenvalue weighted by atomic mass is 16.1. The Labute approximate surface area is 104 Å². The number of carbonyl (C=O) groups is 1. The van der Waals surface area contributed by atoms with Crippen molar-refractivity contribution < 1.29 is 4.79 Å². The van der Waals surface area contributed by atoms with Crippen molar-refractivity contribution in [2.75, 3.05) is 26.2 Å². The summed E-state index contributed by atoms with van der Waals surface area (Å²) in [7, 11) is 0. The van der Waals surface area contributed by atoms with E-state index in [9.17, 15) is 4.79 Å². The summed E-state index contributed by atoms with van der Waals surface area (Å²) in [6, 6.07) is 0. The van der Waals surface area contributed by atoms with Gasteiger partial charge in [-0.2, -0.15) is 0 Å². The number of carbonyl (C=O) groups excluding carboxylic acids is 1. The van der Waals surface area contributed by atoms with Crippen molar-refractivity contribution in [1.82, 2.24) is 10.2 Å². The van der Waals surface area contributed by atoms with Crippen LogP contribution < -0.4 is 11.1 Å². The SMILES string of the molecule is NC(=O)C1(CCN2CCCCC2)CCCC[N]1. The molecule has 1 atom stereocenters.